The molecule has 0 aliphatic carbocycles. The van der Waals surface area contributed by atoms with Crippen LogP contribution in [0.5, 0.6) is 0 Å². The van der Waals surface area contributed by atoms with Crippen molar-refractivity contribution in [3.8, 4) is 0 Å². The zero-order valence-electron chi connectivity index (χ0n) is 10.9. The summed E-state index contributed by atoms with van der Waals surface area (Å²) in [5.74, 6) is 1.57. The van der Waals surface area contributed by atoms with Gasteiger partial charge in [-0.25, -0.2) is 0 Å². The number of carbonyl (C=O) groups excluding carboxylic acids is 1. The second-order valence-corrected chi connectivity index (χ2v) is 5.10. The molecule has 0 radical (unpaired) electrons. The third-order valence-corrected chi connectivity index (χ3v) is 3.40. The molecule has 0 aromatic rings. The first-order valence-electron chi connectivity index (χ1n) is 5.95. The molecule has 3 nitrogen and oxygen atoms in total. The van der Waals surface area contributed by atoms with Crippen LogP contribution < -0.4 is 5.32 Å². The third kappa shape index (κ3) is 7.12. The van der Waals surface area contributed by atoms with Gasteiger partial charge in [0.15, 0.2) is 0 Å². The Labute approximate surface area is 104 Å². The summed E-state index contributed by atoms with van der Waals surface area (Å²) in [6.45, 7) is 5.20. The number of esters is 1. The van der Waals surface area contributed by atoms with Gasteiger partial charge in [-0.3, -0.25) is 4.79 Å². The lowest BCUT2D eigenvalue weighted by Gasteiger charge is -2.18. The molecule has 0 aromatic carbocycles. The Kier molecular flexibility index (Phi) is 9.83. The van der Waals surface area contributed by atoms with Crippen LogP contribution in [0.25, 0.3) is 0 Å². The summed E-state index contributed by atoms with van der Waals surface area (Å²) >= 11 is 1.84. The lowest BCUT2D eigenvalue weighted by Crippen LogP contribution is -2.40. The first-order chi connectivity index (χ1) is 7.65. The highest BCUT2D eigenvalue weighted by molar-refractivity contribution is 7.98. The van der Waals surface area contributed by atoms with Crippen molar-refractivity contribution in [1.29, 1.82) is 0 Å². The number of carbonyl (C=O) groups is 1. The number of methoxy groups -OCH3 is 1. The normalized spacial score (nSPS) is 14.5. The second-order valence-electron chi connectivity index (χ2n) is 4.19. The van der Waals surface area contributed by atoms with E-state index in [-0.39, 0.29) is 12.0 Å². The van der Waals surface area contributed by atoms with E-state index in [4.69, 9.17) is 4.74 Å². The summed E-state index contributed by atoms with van der Waals surface area (Å²) < 4.78 is 4.80. The minimum atomic E-state index is -0.134. The average Bonchev–Trinajstić information content (AvgIpc) is 2.28. The molecule has 0 saturated carbocycles. The minimum Gasteiger partial charge on any atom is -0.468 e. The first-order valence-corrected chi connectivity index (χ1v) is 7.35. The van der Waals surface area contributed by atoms with Crippen molar-refractivity contribution < 1.29 is 9.53 Å². The molecule has 0 heterocycles. The minimum absolute atomic E-state index is 0.130. The molecule has 2 unspecified atom stereocenters. The molecular formula is C12H25NO2S. The number of thioether (sulfide) groups is 1. The van der Waals surface area contributed by atoms with Gasteiger partial charge in [0.1, 0.15) is 6.04 Å². The number of hydrogen-bond acceptors (Lipinski definition) is 4. The molecule has 0 aliphatic rings. The Morgan fingerprint density at radius 2 is 2.19 bits per heavy atom. The maximum atomic E-state index is 11.5. The summed E-state index contributed by atoms with van der Waals surface area (Å²) in [6, 6.07) is -0.130. The highest BCUT2D eigenvalue weighted by Gasteiger charge is 2.18. The molecule has 0 rings (SSSR count). The zero-order valence-corrected chi connectivity index (χ0v) is 11.7. The number of ether oxygens (including phenoxy) is 1. The van der Waals surface area contributed by atoms with Crippen LogP contribution in [-0.2, 0) is 9.53 Å². The summed E-state index contributed by atoms with van der Waals surface area (Å²) in [5.41, 5.74) is 0. The summed E-state index contributed by atoms with van der Waals surface area (Å²) in [5, 5.41) is 3.30. The number of nitrogens with one attached hydrogen (secondary N) is 1. The molecule has 16 heavy (non-hydrogen) atoms. The predicted octanol–water partition coefficient (Wildman–Crippen LogP) is 2.31. The van der Waals surface area contributed by atoms with Gasteiger partial charge in [0.05, 0.1) is 7.11 Å². The van der Waals surface area contributed by atoms with E-state index in [2.05, 4.69) is 25.4 Å². The van der Waals surface area contributed by atoms with E-state index in [1.165, 1.54) is 7.11 Å². The molecule has 1 N–H and O–H groups in total. The second kappa shape index (κ2) is 9.97. The van der Waals surface area contributed by atoms with E-state index < -0.39 is 0 Å². The van der Waals surface area contributed by atoms with E-state index >= 15 is 0 Å². The van der Waals surface area contributed by atoms with Gasteiger partial charge < -0.3 is 10.1 Å². The highest BCUT2D eigenvalue weighted by Crippen LogP contribution is 2.06. The predicted molar refractivity (Wildman–Crippen MR) is 70.9 cm³/mol. The fourth-order valence-corrected chi connectivity index (χ4v) is 2.23. The Morgan fingerprint density at radius 3 is 2.69 bits per heavy atom. The van der Waals surface area contributed by atoms with Gasteiger partial charge in [0.2, 0.25) is 0 Å². The van der Waals surface area contributed by atoms with Gasteiger partial charge >= 0.3 is 5.97 Å². The van der Waals surface area contributed by atoms with Crippen molar-refractivity contribution >= 4 is 17.7 Å². The fraction of sp³-hybridized carbons (Fsp3) is 0.917. The van der Waals surface area contributed by atoms with Gasteiger partial charge in [0.25, 0.3) is 0 Å². The molecule has 0 fully saturated rings. The van der Waals surface area contributed by atoms with Crippen molar-refractivity contribution in [2.24, 2.45) is 5.92 Å². The Bertz CT molecular complexity index is 188. The van der Waals surface area contributed by atoms with Crippen molar-refractivity contribution in [3.63, 3.8) is 0 Å². The number of hydrogen-bond donors (Lipinski definition) is 1. The maximum Gasteiger partial charge on any atom is 0.322 e. The van der Waals surface area contributed by atoms with Crippen LogP contribution >= 0.6 is 11.8 Å². The molecule has 0 aromatic heterocycles. The largest absolute Gasteiger partial charge is 0.468 e. The van der Waals surface area contributed by atoms with Crippen molar-refractivity contribution in [2.45, 2.75) is 39.2 Å². The van der Waals surface area contributed by atoms with Gasteiger partial charge in [-0.05, 0) is 30.9 Å². The van der Waals surface area contributed by atoms with Crippen LogP contribution in [0.3, 0.4) is 0 Å². The van der Waals surface area contributed by atoms with Crippen molar-refractivity contribution in [1.82, 2.24) is 5.32 Å². The molecule has 0 saturated heterocycles. The molecule has 4 heteroatoms. The monoisotopic (exact) mass is 247 g/mol. The van der Waals surface area contributed by atoms with Crippen LogP contribution in [0, 0.1) is 5.92 Å². The van der Waals surface area contributed by atoms with E-state index in [1.54, 1.807) is 0 Å². The fourth-order valence-electron chi connectivity index (χ4n) is 1.54. The van der Waals surface area contributed by atoms with E-state index in [0.29, 0.717) is 5.92 Å². The smallest absolute Gasteiger partial charge is 0.322 e. The molecule has 0 bridgehead atoms. The standard InChI is InChI=1S/C12H25NO2S/c1-5-6-7-11(12(14)15-3)13-8-10(2)9-16-4/h10-11,13H,5-9H2,1-4H3. The van der Waals surface area contributed by atoms with Crippen molar-refractivity contribution in [2.75, 3.05) is 25.7 Å². The van der Waals surface area contributed by atoms with E-state index in [9.17, 15) is 4.79 Å². The first kappa shape index (κ1) is 15.8. The Balaban J connectivity index is 3.95. The van der Waals surface area contributed by atoms with E-state index in [1.807, 2.05) is 11.8 Å². The lowest BCUT2D eigenvalue weighted by molar-refractivity contribution is -0.143. The third-order valence-electron chi connectivity index (χ3n) is 2.50. The van der Waals surface area contributed by atoms with E-state index in [0.717, 1.165) is 31.6 Å². The average molecular weight is 247 g/mol. The van der Waals surface area contributed by atoms with Crippen LogP contribution in [0.15, 0.2) is 0 Å². The molecular weight excluding hydrogens is 222 g/mol. The zero-order chi connectivity index (χ0) is 12.4. The van der Waals surface area contributed by atoms with Crippen molar-refractivity contribution in [3.05, 3.63) is 0 Å². The summed E-state index contributed by atoms with van der Waals surface area (Å²) in [4.78, 5) is 11.5. The van der Waals surface area contributed by atoms with Gasteiger partial charge in [-0.1, -0.05) is 26.7 Å². The quantitative estimate of drug-likeness (QED) is 0.635. The maximum absolute atomic E-state index is 11.5. The molecule has 96 valence electrons. The molecule has 0 aliphatic heterocycles. The number of rotatable bonds is 9. The Hall–Kier alpha value is -0.220. The molecule has 2 atom stereocenters. The number of unbranched alkanes of at least 4 members (excludes halogenated alkanes) is 1. The summed E-state index contributed by atoms with van der Waals surface area (Å²) in [6.07, 6.45) is 5.14. The lowest BCUT2D eigenvalue weighted by atomic mass is 10.1. The SMILES string of the molecule is CCCCC(NCC(C)CSC)C(=O)OC. The van der Waals surface area contributed by atoms with Crippen LogP contribution in [0.2, 0.25) is 0 Å². The summed E-state index contributed by atoms with van der Waals surface area (Å²) in [7, 11) is 1.45. The van der Waals surface area contributed by atoms with Crippen LogP contribution in [-0.4, -0.2) is 37.7 Å². The topological polar surface area (TPSA) is 38.3 Å². The van der Waals surface area contributed by atoms with Gasteiger partial charge in [0, 0.05) is 0 Å². The van der Waals surface area contributed by atoms with Gasteiger partial charge in [-0.2, -0.15) is 11.8 Å². The highest BCUT2D eigenvalue weighted by atomic mass is 32.2. The van der Waals surface area contributed by atoms with Crippen LogP contribution in [0.4, 0.5) is 0 Å². The Morgan fingerprint density at radius 1 is 1.50 bits per heavy atom. The molecule has 0 amide bonds. The van der Waals surface area contributed by atoms with Crippen LogP contribution in [0.1, 0.15) is 33.1 Å². The molecule has 0 spiro atoms. The van der Waals surface area contributed by atoms with Gasteiger partial charge in [-0.15, -0.1) is 0 Å².